The van der Waals surface area contributed by atoms with Crippen molar-refractivity contribution in [3.8, 4) is 33.4 Å². The number of aliphatic imine (C=N–C) groups is 2. The van der Waals surface area contributed by atoms with Crippen molar-refractivity contribution in [1.29, 1.82) is 0 Å². The standard InChI is InChI=1S/C47H29N3S/c1-2-9-28(10-3-1)30-17-20-31(21-18-30)45-48-46(33-22-19-29-11-4-5-12-32(29)25-33)50-47(49-45)34-23-24-38-41(26-34)51-42-27-40-36-14-7-6-13-35(36)37-15-8-16-39(43(37)40)44(38)42/h1-27,46H,(H,48,49,50). The fraction of sp³-hybridized carbons (Fsp3) is 0.0213. The number of hydrogen-bond acceptors (Lipinski definition) is 4. The van der Waals surface area contributed by atoms with Crippen LogP contribution in [-0.4, -0.2) is 11.7 Å². The second-order valence-corrected chi connectivity index (χ2v) is 14.5. The number of rotatable bonds is 4. The third-order valence-corrected chi connectivity index (χ3v) is 11.6. The van der Waals surface area contributed by atoms with Crippen molar-refractivity contribution >= 4 is 64.7 Å². The van der Waals surface area contributed by atoms with E-state index in [1.54, 1.807) is 0 Å². The molecule has 1 aliphatic heterocycles. The van der Waals surface area contributed by atoms with Crippen LogP contribution in [0.25, 0.3) is 75.1 Å². The summed E-state index contributed by atoms with van der Waals surface area (Å²) in [7, 11) is 0. The lowest BCUT2D eigenvalue weighted by molar-refractivity contribution is 0.675. The van der Waals surface area contributed by atoms with Gasteiger partial charge in [-0.05, 0) is 78.7 Å². The van der Waals surface area contributed by atoms with Crippen LogP contribution < -0.4 is 5.32 Å². The lowest BCUT2D eigenvalue weighted by Crippen LogP contribution is -2.33. The van der Waals surface area contributed by atoms with Gasteiger partial charge in [0.1, 0.15) is 12.0 Å². The summed E-state index contributed by atoms with van der Waals surface area (Å²) in [5, 5.41) is 11.4. The van der Waals surface area contributed by atoms with Crippen LogP contribution in [0, 0.1) is 0 Å². The summed E-state index contributed by atoms with van der Waals surface area (Å²) in [6, 6.07) is 59.0. The summed E-state index contributed by atoms with van der Waals surface area (Å²) in [4.78, 5) is 10.4. The van der Waals surface area contributed by atoms with Gasteiger partial charge < -0.3 is 5.32 Å². The fourth-order valence-electron chi connectivity index (χ4n) is 8.00. The Hall–Kier alpha value is -6.36. The van der Waals surface area contributed by atoms with E-state index in [9.17, 15) is 0 Å². The topological polar surface area (TPSA) is 36.8 Å². The summed E-state index contributed by atoms with van der Waals surface area (Å²) >= 11 is 1.86. The molecule has 1 unspecified atom stereocenters. The zero-order valence-corrected chi connectivity index (χ0v) is 28.3. The lowest BCUT2D eigenvalue weighted by atomic mass is 9.98. The maximum absolute atomic E-state index is 5.20. The molecule has 0 saturated carbocycles. The average Bonchev–Trinajstić information content (AvgIpc) is 3.74. The number of nitrogens with one attached hydrogen (secondary N) is 1. The predicted octanol–water partition coefficient (Wildman–Crippen LogP) is 12.2. The summed E-state index contributed by atoms with van der Waals surface area (Å²) in [6.07, 6.45) is -0.285. The quantitative estimate of drug-likeness (QED) is 0.199. The molecule has 11 rings (SSSR count). The molecule has 2 heterocycles. The van der Waals surface area contributed by atoms with Crippen molar-refractivity contribution in [1.82, 2.24) is 5.32 Å². The smallest absolute Gasteiger partial charge is 0.159 e. The number of benzene rings is 8. The van der Waals surface area contributed by atoms with E-state index in [0.717, 1.165) is 28.4 Å². The Balaban J connectivity index is 1.04. The number of thiophene rings is 1. The van der Waals surface area contributed by atoms with Crippen LogP contribution in [0.3, 0.4) is 0 Å². The molecule has 1 N–H and O–H groups in total. The van der Waals surface area contributed by atoms with Crippen LogP contribution in [0.2, 0.25) is 0 Å². The highest BCUT2D eigenvalue weighted by Crippen LogP contribution is 2.51. The highest BCUT2D eigenvalue weighted by Gasteiger charge is 2.25. The van der Waals surface area contributed by atoms with Gasteiger partial charge in [0.15, 0.2) is 5.84 Å². The van der Waals surface area contributed by atoms with Crippen LogP contribution in [0.15, 0.2) is 174 Å². The molecule has 1 aromatic heterocycles. The largest absolute Gasteiger partial charge is 0.344 e. The van der Waals surface area contributed by atoms with Gasteiger partial charge in [-0.1, -0.05) is 146 Å². The first-order valence-electron chi connectivity index (χ1n) is 17.3. The molecular weight excluding hydrogens is 639 g/mol. The molecule has 2 aliphatic rings. The van der Waals surface area contributed by atoms with Crippen molar-refractivity contribution in [2.45, 2.75) is 6.17 Å². The average molecular weight is 668 g/mol. The third-order valence-electron chi connectivity index (χ3n) is 10.5. The first-order chi connectivity index (χ1) is 25.2. The molecule has 1 atom stereocenters. The van der Waals surface area contributed by atoms with E-state index in [2.05, 4.69) is 163 Å². The molecular formula is C47H29N3S. The van der Waals surface area contributed by atoms with E-state index < -0.39 is 0 Å². The minimum Gasteiger partial charge on any atom is -0.344 e. The first kappa shape index (κ1) is 28.5. The predicted molar refractivity (Wildman–Crippen MR) is 216 cm³/mol. The maximum Gasteiger partial charge on any atom is 0.159 e. The van der Waals surface area contributed by atoms with Crippen molar-refractivity contribution < 1.29 is 0 Å². The molecule has 4 heteroatoms. The van der Waals surface area contributed by atoms with Gasteiger partial charge in [-0.2, -0.15) is 0 Å². The van der Waals surface area contributed by atoms with Crippen molar-refractivity contribution in [2.75, 3.05) is 0 Å². The Morgan fingerprint density at radius 2 is 1.16 bits per heavy atom. The summed E-state index contributed by atoms with van der Waals surface area (Å²) < 4.78 is 2.56. The molecule has 9 aromatic rings. The van der Waals surface area contributed by atoms with Crippen LogP contribution in [0.4, 0.5) is 0 Å². The summed E-state index contributed by atoms with van der Waals surface area (Å²) in [6.45, 7) is 0. The van der Waals surface area contributed by atoms with Gasteiger partial charge in [0.2, 0.25) is 0 Å². The third kappa shape index (κ3) is 4.50. The van der Waals surface area contributed by atoms with Gasteiger partial charge in [-0.3, -0.25) is 0 Å². The fourth-order valence-corrected chi connectivity index (χ4v) is 9.20. The van der Waals surface area contributed by atoms with E-state index in [1.165, 1.54) is 75.1 Å². The van der Waals surface area contributed by atoms with Crippen LogP contribution in [0.1, 0.15) is 22.9 Å². The molecule has 0 fully saturated rings. The van der Waals surface area contributed by atoms with Gasteiger partial charge >= 0.3 is 0 Å². The van der Waals surface area contributed by atoms with Crippen molar-refractivity contribution in [2.24, 2.45) is 9.98 Å². The van der Waals surface area contributed by atoms with E-state index >= 15 is 0 Å². The SMILES string of the molecule is c1ccc(-c2ccc(C3=NC(c4ccc5ccccc5c4)NC(c4ccc5c(c4)sc4cc6c7c(cccc7c45)-c4ccccc4-6)=N3)cc2)cc1. The maximum atomic E-state index is 5.20. The number of nitrogens with zero attached hydrogens (tertiary/aromatic N) is 2. The number of fused-ring (bicyclic) bond motifs is 8. The van der Waals surface area contributed by atoms with Crippen molar-refractivity contribution in [3.63, 3.8) is 0 Å². The zero-order chi connectivity index (χ0) is 33.5. The lowest BCUT2D eigenvalue weighted by Gasteiger charge is -2.24. The molecule has 0 amide bonds. The second-order valence-electron chi connectivity index (χ2n) is 13.4. The number of amidine groups is 2. The Labute approximate surface area is 298 Å². The molecule has 1 aliphatic carbocycles. The molecule has 51 heavy (non-hydrogen) atoms. The van der Waals surface area contributed by atoms with E-state index in [1.807, 2.05) is 17.4 Å². The van der Waals surface area contributed by atoms with Crippen LogP contribution in [-0.2, 0) is 0 Å². The van der Waals surface area contributed by atoms with Gasteiger partial charge in [0.25, 0.3) is 0 Å². The molecule has 0 radical (unpaired) electrons. The highest BCUT2D eigenvalue weighted by atomic mass is 32.1. The molecule has 8 aromatic carbocycles. The molecule has 3 nitrogen and oxygen atoms in total. The Morgan fingerprint density at radius 1 is 0.451 bits per heavy atom. The molecule has 0 spiro atoms. The summed E-state index contributed by atoms with van der Waals surface area (Å²) in [5.41, 5.74) is 10.8. The van der Waals surface area contributed by atoms with Crippen LogP contribution >= 0.6 is 11.3 Å². The monoisotopic (exact) mass is 667 g/mol. The summed E-state index contributed by atoms with van der Waals surface area (Å²) in [5.74, 6) is 1.55. The van der Waals surface area contributed by atoms with E-state index in [-0.39, 0.29) is 6.17 Å². The number of hydrogen-bond donors (Lipinski definition) is 1. The van der Waals surface area contributed by atoms with Gasteiger partial charge in [0, 0.05) is 31.3 Å². The molecule has 0 bridgehead atoms. The van der Waals surface area contributed by atoms with Gasteiger partial charge in [-0.15, -0.1) is 11.3 Å². The first-order valence-corrected chi connectivity index (χ1v) is 18.2. The van der Waals surface area contributed by atoms with Crippen LogP contribution in [0.5, 0.6) is 0 Å². The Kier molecular flexibility index (Phi) is 6.18. The zero-order valence-electron chi connectivity index (χ0n) is 27.5. The highest BCUT2D eigenvalue weighted by molar-refractivity contribution is 7.26. The second kappa shape index (κ2) is 11.1. The minimum absolute atomic E-state index is 0.285. The minimum atomic E-state index is -0.285. The van der Waals surface area contributed by atoms with Gasteiger partial charge in [-0.25, -0.2) is 9.98 Å². The Bertz CT molecular complexity index is 2930. The van der Waals surface area contributed by atoms with E-state index in [0.29, 0.717) is 0 Å². The normalized spacial score (nSPS) is 14.9. The Morgan fingerprint density at radius 3 is 2.02 bits per heavy atom. The van der Waals surface area contributed by atoms with Crippen molar-refractivity contribution in [3.05, 3.63) is 180 Å². The molecule has 0 saturated heterocycles. The van der Waals surface area contributed by atoms with Gasteiger partial charge in [0.05, 0.1) is 0 Å². The molecule has 238 valence electrons. The van der Waals surface area contributed by atoms with E-state index in [4.69, 9.17) is 9.98 Å².